The Morgan fingerprint density at radius 2 is 1.86 bits per heavy atom. The van der Waals surface area contributed by atoms with Gasteiger partial charge in [-0.05, 0) is 31.0 Å². The topological polar surface area (TPSA) is 116 Å². The summed E-state index contributed by atoms with van der Waals surface area (Å²) < 4.78 is 26.4. The smallest absolute Gasteiger partial charge is 0.264 e. The van der Waals surface area contributed by atoms with Crippen LogP contribution in [0.2, 0.25) is 0 Å². The first-order valence-electron chi connectivity index (χ1n) is 6.55. The number of hydrogen-bond acceptors (Lipinski definition) is 5. The van der Waals surface area contributed by atoms with Gasteiger partial charge in [-0.1, -0.05) is 25.5 Å². The molecule has 0 radical (unpaired) electrons. The van der Waals surface area contributed by atoms with E-state index < -0.39 is 28.1 Å². The highest BCUT2D eigenvalue weighted by Gasteiger charge is 2.29. The van der Waals surface area contributed by atoms with Crippen LogP contribution < -0.4 is 10.2 Å². The molecule has 0 fully saturated rings. The first kappa shape index (κ1) is 17.6. The lowest BCUT2D eigenvalue weighted by molar-refractivity contribution is -0.133. The van der Waals surface area contributed by atoms with E-state index in [2.05, 4.69) is 4.72 Å². The van der Waals surface area contributed by atoms with Gasteiger partial charge in [0.05, 0.1) is 11.0 Å². The van der Waals surface area contributed by atoms with Gasteiger partial charge in [0, 0.05) is 0 Å². The molecular weight excluding hydrogens is 296 g/mol. The lowest BCUT2D eigenvalue weighted by Gasteiger charge is -2.19. The molecule has 118 valence electrons. The third-order valence-electron chi connectivity index (χ3n) is 2.93. The summed E-state index contributed by atoms with van der Waals surface area (Å²) in [5.74, 6) is -1.03. The minimum absolute atomic E-state index is 0.0151. The van der Waals surface area contributed by atoms with Crippen molar-refractivity contribution in [1.29, 1.82) is 0 Å². The lowest BCUT2D eigenvalue weighted by Crippen LogP contribution is -2.51. The van der Waals surface area contributed by atoms with Crippen LogP contribution in [0.25, 0.3) is 0 Å². The van der Waals surface area contributed by atoms with Crippen LogP contribution in [0.5, 0.6) is 0 Å². The van der Waals surface area contributed by atoms with Crippen molar-refractivity contribution in [3.63, 3.8) is 0 Å². The molecule has 0 aliphatic heterocycles. The number of aliphatic hydroxyl groups is 1. The Balaban J connectivity index is 2.96. The molecule has 0 spiro atoms. The van der Waals surface area contributed by atoms with E-state index in [1.165, 1.54) is 24.5 Å². The average Bonchev–Trinajstić information content (AvgIpc) is 2.44. The van der Waals surface area contributed by atoms with E-state index in [0.29, 0.717) is 0 Å². The molecular formula is C13H20N2O5S. The molecule has 1 rings (SSSR count). The molecule has 0 saturated heterocycles. The van der Waals surface area contributed by atoms with Crippen LogP contribution in [0.4, 0.5) is 0 Å². The van der Waals surface area contributed by atoms with Crippen LogP contribution in [-0.4, -0.2) is 36.8 Å². The number of rotatable bonds is 7. The summed E-state index contributed by atoms with van der Waals surface area (Å²) in [6.45, 7) is 3.26. The highest BCUT2D eigenvalue weighted by Crippen LogP contribution is 2.13. The maximum Gasteiger partial charge on any atom is 0.264 e. The van der Waals surface area contributed by atoms with Crippen LogP contribution in [0.15, 0.2) is 29.2 Å². The summed E-state index contributed by atoms with van der Waals surface area (Å²) in [7, 11) is -3.97. The minimum Gasteiger partial charge on any atom is -0.391 e. The van der Waals surface area contributed by atoms with E-state index in [0.717, 1.165) is 18.4 Å². The number of aryl methyl sites for hydroxylation is 1. The maximum atomic E-state index is 12.2. The Bertz CT molecular complexity index is 569. The fraction of sp³-hybridized carbons (Fsp3) is 0.462. The van der Waals surface area contributed by atoms with Gasteiger partial charge in [0.1, 0.15) is 6.04 Å². The summed E-state index contributed by atoms with van der Waals surface area (Å²) in [6, 6.07) is 4.78. The van der Waals surface area contributed by atoms with Crippen molar-refractivity contribution in [2.45, 2.75) is 43.7 Å². The van der Waals surface area contributed by atoms with Crippen LogP contribution in [0.3, 0.4) is 0 Å². The van der Waals surface area contributed by atoms with Gasteiger partial charge < -0.3 is 5.11 Å². The number of carbonyl (C=O) groups is 1. The molecule has 0 heterocycles. The minimum atomic E-state index is -3.97. The summed E-state index contributed by atoms with van der Waals surface area (Å²) in [6.07, 6.45) is 0.494. The van der Waals surface area contributed by atoms with Crippen molar-refractivity contribution >= 4 is 15.9 Å². The van der Waals surface area contributed by atoms with E-state index >= 15 is 0 Å². The number of hydrogen-bond donors (Lipinski definition) is 4. The third-order valence-corrected chi connectivity index (χ3v) is 4.39. The van der Waals surface area contributed by atoms with E-state index in [9.17, 15) is 18.3 Å². The maximum absolute atomic E-state index is 12.2. The zero-order chi connectivity index (χ0) is 16.0. The monoisotopic (exact) mass is 316 g/mol. The second kappa shape index (κ2) is 7.51. The molecule has 21 heavy (non-hydrogen) atoms. The Hall–Kier alpha value is -1.48. The third kappa shape index (κ3) is 4.78. The number of sulfonamides is 1. The Morgan fingerprint density at radius 3 is 2.29 bits per heavy atom. The molecule has 0 aliphatic carbocycles. The molecule has 0 aliphatic rings. The van der Waals surface area contributed by atoms with Crippen LogP contribution in [0, 0.1) is 0 Å². The van der Waals surface area contributed by atoms with Gasteiger partial charge in [-0.25, -0.2) is 13.9 Å². The van der Waals surface area contributed by atoms with Crippen LogP contribution in [0.1, 0.15) is 25.8 Å². The zero-order valence-electron chi connectivity index (χ0n) is 11.9. The summed E-state index contributed by atoms with van der Waals surface area (Å²) in [5.41, 5.74) is 2.33. The fourth-order valence-corrected chi connectivity index (χ4v) is 3.07. The largest absolute Gasteiger partial charge is 0.391 e. The number of benzene rings is 1. The molecule has 1 aromatic rings. The lowest BCUT2D eigenvalue weighted by atomic mass is 10.1. The van der Waals surface area contributed by atoms with E-state index in [4.69, 9.17) is 5.21 Å². The molecule has 0 bridgehead atoms. The Labute approximate surface area is 124 Å². The van der Waals surface area contributed by atoms with Gasteiger partial charge in [-0.3, -0.25) is 10.0 Å². The average molecular weight is 316 g/mol. The van der Waals surface area contributed by atoms with Gasteiger partial charge in [0.25, 0.3) is 5.91 Å². The van der Waals surface area contributed by atoms with E-state index in [-0.39, 0.29) is 4.90 Å². The number of carbonyl (C=O) groups excluding carboxylic acids is 1. The van der Waals surface area contributed by atoms with Gasteiger partial charge in [-0.15, -0.1) is 0 Å². The molecule has 2 atom stereocenters. The van der Waals surface area contributed by atoms with Gasteiger partial charge in [-0.2, -0.15) is 4.72 Å². The highest BCUT2D eigenvalue weighted by molar-refractivity contribution is 7.89. The molecule has 0 saturated carbocycles. The SMILES string of the molecule is CCCc1ccc(S(=O)(=O)NC(C(=O)NO)C(C)O)cc1. The highest BCUT2D eigenvalue weighted by atomic mass is 32.2. The molecule has 7 nitrogen and oxygen atoms in total. The normalized spacial score (nSPS) is 14.5. The second-order valence-electron chi connectivity index (χ2n) is 4.71. The molecule has 4 N–H and O–H groups in total. The number of aliphatic hydroxyl groups excluding tert-OH is 1. The summed E-state index contributed by atoms with van der Waals surface area (Å²) in [5, 5.41) is 18.0. The number of nitrogens with one attached hydrogen (secondary N) is 2. The second-order valence-corrected chi connectivity index (χ2v) is 6.42. The first-order chi connectivity index (χ1) is 9.81. The number of amides is 1. The Kier molecular flexibility index (Phi) is 6.28. The predicted octanol–water partition coefficient (Wildman–Crippen LogP) is 0.172. The van der Waals surface area contributed by atoms with E-state index in [1.807, 2.05) is 6.92 Å². The van der Waals surface area contributed by atoms with Crippen molar-refractivity contribution in [3.05, 3.63) is 29.8 Å². The van der Waals surface area contributed by atoms with Gasteiger partial charge in [0.15, 0.2) is 0 Å². The molecule has 2 unspecified atom stereocenters. The van der Waals surface area contributed by atoms with Crippen molar-refractivity contribution in [1.82, 2.24) is 10.2 Å². The first-order valence-corrected chi connectivity index (χ1v) is 8.03. The summed E-state index contributed by atoms with van der Waals surface area (Å²) in [4.78, 5) is 11.3. The van der Waals surface area contributed by atoms with Gasteiger partial charge in [0.2, 0.25) is 10.0 Å². The van der Waals surface area contributed by atoms with Crippen molar-refractivity contribution in [2.24, 2.45) is 0 Å². The van der Waals surface area contributed by atoms with E-state index in [1.54, 1.807) is 12.1 Å². The Morgan fingerprint density at radius 1 is 1.29 bits per heavy atom. The molecule has 8 heteroatoms. The van der Waals surface area contributed by atoms with Gasteiger partial charge >= 0.3 is 0 Å². The molecule has 1 amide bonds. The van der Waals surface area contributed by atoms with Crippen molar-refractivity contribution in [2.75, 3.05) is 0 Å². The molecule has 1 aromatic carbocycles. The molecule has 0 aromatic heterocycles. The fourth-order valence-electron chi connectivity index (χ4n) is 1.80. The van der Waals surface area contributed by atoms with Crippen LogP contribution >= 0.6 is 0 Å². The summed E-state index contributed by atoms with van der Waals surface area (Å²) >= 11 is 0. The standard InChI is InChI=1S/C13H20N2O5S/c1-3-4-10-5-7-11(8-6-10)21(19,20)15-12(9(2)16)13(17)14-18/h5-9,12,15-16,18H,3-4H2,1-2H3,(H,14,17). The van der Waals surface area contributed by atoms with Crippen molar-refractivity contribution in [3.8, 4) is 0 Å². The quantitative estimate of drug-likeness (QED) is 0.423. The number of hydroxylamine groups is 1. The van der Waals surface area contributed by atoms with Crippen LogP contribution in [-0.2, 0) is 21.2 Å². The predicted molar refractivity (Wildman–Crippen MR) is 76.2 cm³/mol. The van der Waals surface area contributed by atoms with Crippen molar-refractivity contribution < 1.29 is 23.5 Å². The zero-order valence-corrected chi connectivity index (χ0v) is 12.7.